The minimum Gasteiger partial charge on any atom is -0.388 e. The molecule has 0 aliphatic carbocycles. The molecule has 1 unspecified atom stereocenters. The molecule has 0 aliphatic rings. The summed E-state index contributed by atoms with van der Waals surface area (Å²) in [7, 11) is 0. The molecule has 0 aliphatic heterocycles. The first-order valence-corrected chi connectivity index (χ1v) is 9.73. The van der Waals surface area contributed by atoms with E-state index in [2.05, 4.69) is 35.6 Å². The maximum atomic E-state index is 13.1. The van der Waals surface area contributed by atoms with E-state index >= 15 is 0 Å². The highest BCUT2D eigenvalue weighted by atomic mass is 19.4. The van der Waals surface area contributed by atoms with Crippen LogP contribution in [0.4, 0.5) is 43.9 Å². The standard InChI is InChI=1S/C20H19F6N7O/c1-10(18(2,3)34)28-16-31-15(12-5-4-6-13(30-12)19(21,22)23)32-17(33-16)29-11-7-8-27-14(9-11)20(24,25)26/h4-10,34H,1-3H3,(H2,27,28,29,31,32,33). The second kappa shape index (κ2) is 9.00. The van der Waals surface area contributed by atoms with Crippen molar-refractivity contribution in [1.29, 1.82) is 0 Å². The van der Waals surface area contributed by atoms with Gasteiger partial charge < -0.3 is 15.7 Å². The number of halogens is 6. The van der Waals surface area contributed by atoms with Gasteiger partial charge >= 0.3 is 12.4 Å². The van der Waals surface area contributed by atoms with Crippen LogP contribution in [-0.2, 0) is 12.4 Å². The van der Waals surface area contributed by atoms with Crippen molar-refractivity contribution in [3.05, 3.63) is 47.9 Å². The first-order chi connectivity index (χ1) is 15.6. The number of nitrogens with zero attached hydrogens (tertiary/aromatic N) is 5. The zero-order chi connectivity index (χ0) is 25.3. The van der Waals surface area contributed by atoms with Gasteiger partial charge in [0.15, 0.2) is 5.82 Å². The molecule has 182 valence electrons. The fourth-order valence-corrected chi connectivity index (χ4v) is 2.49. The topological polar surface area (TPSA) is 109 Å². The summed E-state index contributed by atoms with van der Waals surface area (Å²) in [6.45, 7) is 4.63. The van der Waals surface area contributed by atoms with E-state index in [1.807, 2.05) is 0 Å². The predicted molar refractivity (Wildman–Crippen MR) is 110 cm³/mol. The van der Waals surface area contributed by atoms with Gasteiger partial charge in [0.25, 0.3) is 0 Å². The Morgan fingerprint density at radius 3 is 2.12 bits per heavy atom. The molecule has 1 atom stereocenters. The van der Waals surface area contributed by atoms with Crippen molar-refractivity contribution in [3.8, 4) is 11.5 Å². The van der Waals surface area contributed by atoms with Gasteiger partial charge in [0.1, 0.15) is 17.1 Å². The molecule has 0 radical (unpaired) electrons. The van der Waals surface area contributed by atoms with Crippen molar-refractivity contribution in [1.82, 2.24) is 24.9 Å². The SMILES string of the molecule is CC(Nc1nc(Nc2ccnc(C(F)(F)F)c2)nc(-c2cccc(C(F)(F)F)n2)n1)C(C)(C)O. The Balaban J connectivity index is 2.05. The summed E-state index contributed by atoms with van der Waals surface area (Å²) in [5.41, 5.74) is -3.90. The zero-order valence-corrected chi connectivity index (χ0v) is 18.0. The van der Waals surface area contributed by atoms with Gasteiger partial charge in [-0.2, -0.15) is 41.3 Å². The van der Waals surface area contributed by atoms with Gasteiger partial charge in [0, 0.05) is 11.9 Å². The van der Waals surface area contributed by atoms with Gasteiger partial charge in [-0.1, -0.05) is 6.07 Å². The fourth-order valence-electron chi connectivity index (χ4n) is 2.49. The monoisotopic (exact) mass is 487 g/mol. The van der Waals surface area contributed by atoms with Gasteiger partial charge in [-0.05, 0) is 45.0 Å². The highest BCUT2D eigenvalue weighted by molar-refractivity contribution is 5.59. The van der Waals surface area contributed by atoms with Crippen LogP contribution in [0, 0.1) is 0 Å². The maximum Gasteiger partial charge on any atom is 0.433 e. The molecule has 0 fully saturated rings. The Labute approximate surface area is 189 Å². The molecule has 0 spiro atoms. The Hall–Kier alpha value is -3.55. The van der Waals surface area contributed by atoms with Crippen molar-refractivity contribution in [2.45, 2.75) is 44.8 Å². The lowest BCUT2D eigenvalue weighted by Gasteiger charge is -2.26. The zero-order valence-electron chi connectivity index (χ0n) is 18.0. The number of alkyl halides is 6. The minimum atomic E-state index is -4.72. The van der Waals surface area contributed by atoms with Crippen LogP contribution < -0.4 is 10.6 Å². The van der Waals surface area contributed by atoms with Gasteiger partial charge in [-0.25, -0.2) is 4.98 Å². The van der Waals surface area contributed by atoms with Gasteiger partial charge in [0.2, 0.25) is 11.9 Å². The second-order valence-electron chi connectivity index (χ2n) is 7.78. The summed E-state index contributed by atoms with van der Waals surface area (Å²) in [6.07, 6.45) is -8.48. The number of rotatable bonds is 6. The quantitative estimate of drug-likeness (QED) is 0.430. The third-order valence-electron chi connectivity index (χ3n) is 4.62. The van der Waals surface area contributed by atoms with Crippen LogP contribution in [-0.4, -0.2) is 41.7 Å². The molecule has 14 heteroatoms. The molecular weight excluding hydrogens is 468 g/mol. The van der Waals surface area contributed by atoms with Crippen LogP contribution in [0.15, 0.2) is 36.5 Å². The molecule has 0 bridgehead atoms. The highest BCUT2D eigenvalue weighted by Crippen LogP contribution is 2.31. The second-order valence-corrected chi connectivity index (χ2v) is 7.78. The van der Waals surface area contributed by atoms with E-state index in [4.69, 9.17) is 0 Å². The first kappa shape index (κ1) is 25.1. The lowest BCUT2D eigenvalue weighted by atomic mass is 10.0. The maximum absolute atomic E-state index is 13.1. The Kier molecular flexibility index (Phi) is 6.64. The van der Waals surface area contributed by atoms with E-state index in [1.165, 1.54) is 26.0 Å². The number of aliphatic hydroxyl groups is 1. The Morgan fingerprint density at radius 2 is 1.50 bits per heavy atom. The number of aromatic nitrogens is 5. The first-order valence-electron chi connectivity index (χ1n) is 9.73. The molecule has 0 amide bonds. The number of nitrogens with one attached hydrogen (secondary N) is 2. The van der Waals surface area contributed by atoms with Gasteiger partial charge in [-0.3, -0.25) is 4.98 Å². The summed E-state index contributed by atoms with van der Waals surface area (Å²) in [5.74, 6) is -0.695. The van der Waals surface area contributed by atoms with Crippen LogP contribution in [0.2, 0.25) is 0 Å². The molecule has 0 saturated carbocycles. The highest BCUT2D eigenvalue weighted by Gasteiger charge is 2.33. The molecule has 8 nitrogen and oxygen atoms in total. The van der Waals surface area contributed by atoms with E-state index in [0.717, 1.165) is 24.4 Å². The van der Waals surface area contributed by atoms with Crippen LogP contribution in [0.25, 0.3) is 11.5 Å². The average Bonchev–Trinajstić information content (AvgIpc) is 2.72. The van der Waals surface area contributed by atoms with Crippen molar-refractivity contribution >= 4 is 17.6 Å². The molecular formula is C20H19F6N7O. The lowest BCUT2D eigenvalue weighted by molar-refractivity contribution is -0.141. The fraction of sp³-hybridized carbons (Fsp3) is 0.350. The Morgan fingerprint density at radius 1 is 0.853 bits per heavy atom. The summed E-state index contributed by atoms with van der Waals surface area (Å²) in [6, 6.07) is 4.46. The number of hydrogen-bond acceptors (Lipinski definition) is 8. The summed E-state index contributed by atoms with van der Waals surface area (Å²) < 4.78 is 78.2. The third-order valence-corrected chi connectivity index (χ3v) is 4.62. The van der Waals surface area contributed by atoms with Gasteiger partial charge in [0.05, 0.1) is 11.6 Å². The summed E-state index contributed by atoms with van der Waals surface area (Å²) in [4.78, 5) is 18.9. The van der Waals surface area contributed by atoms with Crippen LogP contribution in [0.3, 0.4) is 0 Å². The number of hydrogen-bond donors (Lipinski definition) is 3. The predicted octanol–water partition coefficient (Wildman–Crippen LogP) is 4.68. The molecule has 3 rings (SSSR count). The molecule has 3 heterocycles. The summed E-state index contributed by atoms with van der Waals surface area (Å²) in [5, 5.41) is 15.5. The summed E-state index contributed by atoms with van der Waals surface area (Å²) >= 11 is 0. The molecule has 3 aromatic rings. The number of pyridine rings is 2. The van der Waals surface area contributed by atoms with E-state index < -0.39 is 35.4 Å². The van der Waals surface area contributed by atoms with E-state index in [0.29, 0.717) is 0 Å². The number of anilines is 3. The third kappa shape index (κ3) is 6.27. The van der Waals surface area contributed by atoms with Crippen molar-refractivity contribution in [3.63, 3.8) is 0 Å². The molecule has 34 heavy (non-hydrogen) atoms. The molecule has 0 saturated heterocycles. The van der Waals surface area contributed by atoms with E-state index in [-0.39, 0.29) is 29.1 Å². The molecule has 3 aromatic heterocycles. The van der Waals surface area contributed by atoms with E-state index in [9.17, 15) is 31.4 Å². The minimum absolute atomic E-state index is 0.0713. The largest absolute Gasteiger partial charge is 0.433 e. The van der Waals surface area contributed by atoms with Crippen LogP contribution >= 0.6 is 0 Å². The molecule has 3 N–H and O–H groups in total. The Bertz CT molecular complexity index is 1160. The smallest absolute Gasteiger partial charge is 0.388 e. The normalized spacial score (nSPS) is 13.5. The average molecular weight is 487 g/mol. The lowest BCUT2D eigenvalue weighted by Crippen LogP contribution is -2.39. The van der Waals surface area contributed by atoms with Crippen LogP contribution in [0.5, 0.6) is 0 Å². The van der Waals surface area contributed by atoms with E-state index in [1.54, 1.807) is 6.92 Å². The van der Waals surface area contributed by atoms with Crippen molar-refractivity contribution < 1.29 is 31.4 Å². The van der Waals surface area contributed by atoms with Crippen molar-refractivity contribution in [2.75, 3.05) is 10.6 Å². The van der Waals surface area contributed by atoms with Crippen LogP contribution in [0.1, 0.15) is 32.2 Å². The van der Waals surface area contributed by atoms with Crippen molar-refractivity contribution in [2.24, 2.45) is 0 Å². The van der Waals surface area contributed by atoms with Gasteiger partial charge in [-0.15, -0.1) is 0 Å². The molecule has 0 aromatic carbocycles.